The van der Waals surface area contributed by atoms with E-state index in [1.165, 1.54) is 0 Å². The average molecular weight is 289 g/mol. The fourth-order valence-electron chi connectivity index (χ4n) is 2.55. The molecule has 0 bridgehead atoms. The SMILES string of the molecule is NC(=O)c1ccccc1CC(=O)c1ccc2ccccc2c1. The van der Waals surface area contributed by atoms with Crippen LogP contribution in [0.3, 0.4) is 0 Å². The number of hydrogen-bond donors (Lipinski definition) is 1. The van der Waals surface area contributed by atoms with Crippen molar-refractivity contribution < 1.29 is 9.59 Å². The van der Waals surface area contributed by atoms with Gasteiger partial charge in [-0.2, -0.15) is 0 Å². The summed E-state index contributed by atoms with van der Waals surface area (Å²) >= 11 is 0. The lowest BCUT2D eigenvalue weighted by atomic mass is 9.97. The minimum absolute atomic E-state index is 0.0283. The maximum Gasteiger partial charge on any atom is 0.248 e. The van der Waals surface area contributed by atoms with Gasteiger partial charge in [0.25, 0.3) is 0 Å². The fraction of sp³-hybridized carbons (Fsp3) is 0.0526. The molecule has 0 saturated carbocycles. The number of benzene rings is 3. The summed E-state index contributed by atoms with van der Waals surface area (Å²) in [5, 5.41) is 2.12. The van der Waals surface area contributed by atoms with E-state index in [4.69, 9.17) is 5.73 Å². The van der Waals surface area contributed by atoms with Crippen LogP contribution < -0.4 is 5.73 Å². The minimum Gasteiger partial charge on any atom is -0.366 e. The molecule has 0 aliphatic heterocycles. The summed E-state index contributed by atoms with van der Waals surface area (Å²) in [7, 11) is 0. The van der Waals surface area contributed by atoms with Crippen molar-refractivity contribution in [1.82, 2.24) is 0 Å². The van der Waals surface area contributed by atoms with Gasteiger partial charge in [-0.15, -0.1) is 0 Å². The molecule has 3 heteroatoms. The molecule has 3 aromatic rings. The number of nitrogens with two attached hydrogens (primary N) is 1. The Morgan fingerprint density at radius 3 is 2.27 bits per heavy atom. The van der Waals surface area contributed by atoms with Crippen molar-refractivity contribution in [3.8, 4) is 0 Å². The standard InChI is InChI=1S/C19H15NO2/c20-19(22)17-8-4-3-7-15(17)12-18(21)16-10-9-13-5-1-2-6-14(13)11-16/h1-11H,12H2,(H2,20,22). The quantitative estimate of drug-likeness (QED) is 0.749. The molecule has 1 amide bonds. The van der Waals surface area contributed by atoms with E-state index in [1.54, 1.807) is 24.3 Å². The van der Waals surface area contributed by atoms with Crippen molar-refractivity contribution in [3.05, 3.63) is 83.4 Å². The number of Topliss-reactive ketones (excluding diaryl/α,β-unsaturated/α-hetero) is 1. The van der Waals surface area contributed by atoms with Crippen LogP contribution in [0.2, 0.25) is 0 Å². The largest absolute Gasteiger partial charge is 0.366 e. The molecule has 0 heterocycles. The number of ketones is 1. The molecule has 3 nitrogen and oxygen atoms in total. The van der Waals surface area contributed by atoms with Gasteiger partial charge in [-0.05, 0) is 28.5 Å². The molecule has 0 fully saturated rings. The lowest BCUT2D eigenvalue weighted by molar-refractivity contribution is 0.0991. The third-order valence-corrected chi connectivity index (χ3v) is 3.71. The van der Waals surface area contributed by atoms with Crippen LogP contribution in [0, 0.1) is 0 Å². The molecular formula is C19H15NO2. The summed E-state index contributed by atoms with van der Waals surface area (Å²) in [6.45, 7) is 0. The normalized spacial score (nSPS) is 10.5. The molecule has 0 saturated heterocycles. The summed E-state index contributed by atoms with van der Waals surface area (Å²) in [4.78, 5) is 23.9. The Bertz CT molecular complexity index is 868. The Balaban J connectivity index is 1.92. The van der Waals surface area contributed by atoms with Crippen LogP contribution in [0.15, 0.2) is 66.7 Å². The highest BCUT2D eigenvalue weighted by Gasteiger charge is 2.13. The summed E-state index contributed by atoms with van der Waals surface area (Å²) < 4.78 is 0. The molecule has 3 aromatic carbocycles. The van der Waals surface area contributed by atoms with Crippen LogP contribution >= 0.6 is 0 Å². The van der Waals surface area contributed by atoms with Gasteiger partial charge in [0.2, 0.25) is 5.91 Å². The van der Waals surface area contributed by atoms with Gasteiger partial charge in [0.15, 0.2) is 5.78 Å². The number of rotatable bonds is 4. The van der Waals surface area contributed by atoms with Crippen molar-refractivity contribution in [2.45, 2.75) is 6.42 Å². The second-order valence-corrected chi connectivity index (χ2v) is 5.18. The van der Waals surface area contributed by atoms with Gasteiger partial charge in [0.1, 0.15) is 0 Å². The number of carbonyl (C=O) groups is 2. The highest BCUT2D eigenvalue weighted by atomic mass is 16.1. The summed E-state index contributed by atoms with van der Waals surface area (Å²) in [5.41, 5.74) is 7.05. The Labute approximate surface area is 128 Å². The first-order valence-electron chi connectivity index (χ1n) is 7.05. The van der Waals surface area contributed by atoms with Crippen molar-refractivity contribution in [1.29, 1.82) is 0 Å². The number of carbonyl (C=O) groups excluding carboxylic acids is 2. The van der Waals surface area contributed by atoms with Gasteiger partial charge in [-0.3, -0.25) is 9.59 Å². The van der Waals surface area contributed by atoms with E-state index >= 15 is 0 Å². The van der Waals surface area contributed by atoms with Crippen molar-refractivity contribution >= 4 is 22.5 Å². The summed E-state index contributed by atoms with van der Waals surface area (Å²) in [6.07, 6.45) is 0.164. The second kappa shape index (κ2) is 5.82. The van der Waals surface area contributed by atoms with Gasteiger partial charge >= 0.3 is 0 Å². The molecule has 0 radical (unpaired) electrons. The molecule has 0 unspecified atom stereocenters. The maximum absolute atomic E-state index is 12.5. The van der Waals surface area contributed by atoms with E-state index < -0.39 is 5.91 Å². The number of primary amides is 1. The van der Waals surface area contributed by atoms with E-state index in [2.05, 4.69) is 0 Å². The second-order valence-electron chi connectivity index (χ2n) is 5.18. The molecule has 0 aliphatic rings. The average Bonchev–Trinajstić information content (AvgIpc) is 2.54. The van der Waals surface area contributed by atoms with Crippen LogP contribution in [0.4, 0.5) is 0 Å². The number of fused-ring (bicyclic) bond motifs is 1. The van der Waals surface area contributed by atoms with E-state index in [9.17, 15) is 9.59 Å². The van der Waals surface area contributed by atoms with Crippen molar-refractivity contribution in [3.63, 3.8) is 0 Å². The van der Waals surface area contributed by atoms with Crippen LogP contribution in [0.5, 0.6) is 0 Å². The number of amides is 1. The molecular weight excluding hydrogens is 274 g/mol. The predicted molar refractivity (Wildman–Crippen MR) is 86.9 cm³/mol. The minimum atomic E-state index is -0.512. The Morgan fingerprint density at radius 2 is 1.50 bits per heavy atom. The monoisotopic (exact) mass is 289 g/mol. The van der Waals surface area contributed by atoms with E-state index in [0.717, 1.165) is 10.8 Å². The van der Waals surface area contributed by atoms with Crippen molar-refractivity contribution in [2.75, 3.05) is 0 Å². The molecule has 0 spiro atoms. The molecule has 2 N–H and O–H groups in total. The molecule has 0 aromatic heterocycles. The summed E-state index contributed by atoms with van der Waals surface area (Å²) in [6, 6.07) is 20.5. The fourth-order valence-corrected chi connectivity index (χ4v) is 2.55. The van der Waals surface area contributed by atoms with Gasteiger partial charge in [-0.1, -0.05) is 54.6 Å². The first-order chi connectivity index (χ1) is 10.6. The van der Waals surface area contributed by atoms with Crippen LogP contribution in [0.25, 0.3) is 10.8 Å². The lowest BCUT2D eigenvalue weighted by Crippen LogP contribution is -2.15. The molecule has 108 valence electrons. The van der Waals surface area contributed by atoms with Gasteiger partial charge < -0.3 is 5.73 Å². The van der Waals surface area contributed by atoms with Crippen LogP contribution in [-0.2, 0) is 6.42 Å². The highest BCUT2D eigenvalue weighted by molar-refractivity contribution is 6.03. The zero-order chi connectivity index (χ0) is 15.5. The highest BCUT2D eigenvalue weighted by Crippen LogP contribution is 2.18. The van der Waals surface area contributed by atoms with Crippen molar-refractivity contribution in [2.24, 2.45) is 5.73 Å². The maximum atomic E-state index is 12.5. The molecule has 0 atom stereocenters. The van der Waals surface area contributed by atoms with Gasteiger partial charge in [0.05, 0.1) is 0 Å². The van der Waals surface area contributed by atoms with Gasteiger partial charge in [0, 0.05) is 17.5 Å². The smallest absolute Gasteiger partial charge is 0.248 e. The van der Waals surface area contributed by atoms with Gasteiger partial charge in [-0.25, -0.2) is 0 Å². The third-order valence-electron chi connectivity index (χ3n) is 3.71. The lowest BCUT2D eigenvalue weighted by Gasteiger charge is -2.07. The van der Waals surface area contributed by atoms with Crippen LogP contribution in [-0.4, -0.2) is 11.7 Å². The Hall–Kier alpha value is -2.94. The molecule has 22 heavy (non-hydrogen) atoms. The van der Waals surface area contributed by atoms with E-state index in [0.29, 0.717) is 16.7 Å². The molecule has 3 rings (SSSR count). The predicted octanol–water partition coefficient (Wildman–Crippen LogP) is 3.36. The first kappa shape index (κ1) is 14.0. The zero-order valence-corrected chi connectivity index (χ0v) is 12.0. The zero-order valence-electron chi connectivity index (χ0n) is 12.0. The Morgan fingerprint density at radius 1 is 0.818 bits per heavy atom. The first-order valence-corrected chi connectivity index (χ1v) is 7.05. The summed E-state index contributed by atoms with van der Waals surface area (Å²) in [5.74, 6) is -0.540. The number of hydrogen-bond acceptors (Lipinski definition) is 2. The molecule has 0 aliphatic carbocycles. The van der Waals surface area contributed by atoms with E-state index in [1.807, 2.05) is 42.5 Å². The Kier molecular flexibility index (Phi) is 3.71. The van der Waals surface area contributed by atoms with E-state index in [-0.39, 0.29) is 12.2 Å². The van der Waals surface area contributed by atoms with Crippen LogP contribution in [0.1, 0.15) is 26.3 Å². The topological polar surface area (TPSA) is 60.2 Å². The third kappa shape index (κ3) is 2.74.